The van der Waals surface area contributed by atoms with E-state index in [4.69, 9.17) is 11.6 Å². The topological polar surface area (TPSA) is 112 Å². The maximum atomic E-state index is 12.1. The Hall–Kier alpha value is -3.20. The summed E-state index contributed by atoms with van der Waals surface area (Å²) in [6, 6.07) is 8.93. The number of carbonyl (C=O) groups is 1. The summed E-state index contributed by atoms with van der Waals surface area (Å²) in [7, 11) is 0. The maximum absolute atomic E-state index is 12.1. The molecule has 134 valence electrons. The third-order valence-corrected chi connectivity index (χ3v) is 4.04. The number of hydrogen-bond donors (Lipinski definition) is 1. The van der Waals surface area contributed by atoms with Gasteiger partial charge in [0, 0.05) is 31.4 Å². The Morgan fingerprint density at radius 1 is 1.31 bits per heavy atom. The summed E-state index contributed by atoms with van der Waals surface area (Å²) < 4.78 is 2.77. The van der Waals surface area contributed by atoms with E-state index in [1.807, 2.05) is 0 Å². The first-order valence-electron chi connectivity index (χ1n) is 7.74. The Morgan fingerprint density at radius 2 is 2.12 bits per heavy atom. The average molecular weight is 376 g/mol. The Bertz CT molecular complexity index is 1040. The highest BCUT2D eigenvalue weighted by Gasteiger charge is 2.14. The van der Waals surface area contributed by atoms with Gasteiger partial charge in [0.15, 0.2) is 5.65 Å². The molecule has 3 aromatic rings. The van der Waals surface area contributed by atoms with Gasteiger partial charge in [0.05, 0.1) is 15.5 Å². The van der Waals surface area contributed by atoms with Crippen molar-refractivity contribution in [2.24, 2.45) is 0 Å². The van der Waals surface area contributed by atoms with Crippen molar-refractivity contribution in [1.29, 1.82) is 0 Å². The van der Waals surface area contributed by atoms with Crippen molar-refractivity contribution in [3.63, 3.8) is 0 Å². The van der Waals surface area contributed by atoms with Crippen LogP contribution in [0.25, 0.3) is 5.65 Å². The predicted octanol–water partition coefficient (Wildman–Crippen LogP) is 1.88. The average Bonchev–Trinajstić information content (AvgIpc) is 2.94. The number of nitrogens with one attached hydrogen (secondary N) is 1. The lowest BCUT2D eigenvalue weighted by molar-refractivity contribution is -0.384. The molecule has 0 fully saturated rings. The molecule has 26 heavy (non-hydrogen) atoms. The number of non-ortho nitro benzene ring substituents is 1. The molecule has 1 N–H and O–H groups in total. The van der Waals surface area contributed by atoms with Gasteiger partial charge >= 0.3 is 5.69 Å². The Balaban J connectivity index is 1.58. The third kappa shape index (κ3) is 3.57. The Labute approximate surface area is 152 Å². The summed E-state index contributed by atoms with van der Waals surface area (Å²) in [6.45, 7) is 0.640. The lowest BCUT2D eigenvalue weighted by atomic mass is 10.2. The summed E-state index contributed by atoms with van der Waals surface area (Å²) in [6.07, 6.45) is 2.12. The van der Waals surface area contributed by atoms with Gasteiger partial charge in [-0.2, -0.15) is 0 Å². The van der Waals surface area contributed by atoms with Gasteiger partial charge in [0.25, 0.3) is 11.6 Å². The van der Waals surface area contributed by atoms with Crippen LogP contribution in [0.1, 0.15) is 16.8 Å². The molecule has 0 saturated carbocycles. The molecule has 1 aromatic carbocycles. The van der Waals surface area contributed by atoms with Gasteiger partial charge in [-0.25, -0.2) is 9.48 Å². The van der Waals surface area contributed by atoms with E-state index in [-0.39, 0.29) is 22.0 Å². The van der Waals surface area contributed by atoms with E-state index in [2.05, 4.69) is 10.4 Å². The quantitative estimate of drug-likeness (QED) is 0.401. The zero-order valence-corrected chi connectivity index (χ0v) is 14.2. The second-order valence-electron chi connectivity index (χ2n) is 5.47. The summed E-state index contributed by atoms with van der Waals surface area (Å²) in [5.41, 5.74) is 0.282. The van der Waals surface area contributed by atoms with Gasteiger partial charge in [-0.3, -0.25) is 19.3 Å². The molecule has 10 heteroatoms. The molecule has 0 radical (unpaired) electrons. The number of aromatic nitrogens is 3. The lowest BCUT2D eigenvalue weighted by Crippen LogP contribution is -2.27. The van der Waals surface area contributed by atoms with Crippen LogP contribution in [0.4, 0.5) is 5.69 Å². The van der Waals surface area contributed by atoms with Crippen LogP contribution in [-0.2, 0) is 6.54 Å². The van der Waals surface area contributed by atoms with Crippen molar-refractivity contribution in [2.75, 3.05) is 6.54 Å². The van der Waals surface area contributed by atoms with E-state index >= 15 is 0 Å². The minimum Gasteiger partial charge on any atom is -0.352 e. The van der Waals surface area contributed by atoms with E-state index in [9.17, 15) is 19.7 Å². The van der Waals surface area contributed by atoms with Crippen molar-refractivity contribution in [2.45, 2.75) is 13.0 Å². The number of nitro groups is 1. The number of aryl methyl sites for hydroxylation is 1. The normalized spacial score (nSPS) is 10.8. The van der Waals surface area contributed by atoms with E-state index < -0.39 is 10.8 Å². The maximum Gasteiger partial charge on any atom is 0.350 e. The fourth-order valence-corrected chi connectivity index (χ4v) is 2.70. The number of nitro benzene ring substituents is 1. The van der Waals surface area contributed by atoms with Crippen LogP contribution < -0.4 is 11.0 Å². The van der Waals surface area contributed by atoms with Gasteiger partial charge in [-0.1, -0.05) is 17.7 Å². The fourth-order valence-electron chi connectivity index (χ4n) is 2.44. The van der Waals surface area contributed by atoms with Crippen molar-refractivity contribution in [3.05, 3.63) is 73.8 Å². The monoisotopic (exact) mass is 375 g/mol. The molecule has 0 aliphatic heterocycles. The zero-order valence-electron chi connectivity index (χ0n) is 13.5. The fraction of sp³-hybridized carbons (Fsp3) is 0.188. The summed E-state index contributed by atoms with van der Waals surface area (Å²) in [5, 5.41) is 17.6. The van der Waals surface area contributed by atoms with Gasteiger partial charge in [0.1, 0.15) is 0 Å². The molecule has 9 nitrogen and oxygen atoms in total. The Morgan fingerprint density at radius 3 is 2.81 bits per heavy atom. The largest absolute Gasteiger partial charge is 0.352 e. The molecule has 0 spiro atoms. The molecular formula is C16H14ClN5O4. The van der Waals surface area contributed by atoms with Crippen molar-refractivity contribution >= 4 is 28.8 Å². The van der Waals surface area contributed by atoms with Crippen LogP contribution >= 0.6 is 11.6 Å². The molecule has 2 heterocycles. The molecule has 0 saturated heterocycles. The number of benzene rings is 1. The Kier molecular flexibility index (Phi) is 4.99. The molecule has 2 aromatic heterocycles. The number of hydrogen-bond acceptors (Lipinski definition) is 5. The van der Waals surface area contributed by atoms with Gasteiger partial charge in [-0.15, -0.1) is 5.10 Å². The second-order valence-corrected chi connectivity index (χ2v) is 5.87. The van der Waals surface area contributed by atoms with Crippen LogP contribution in [0.15, 0.2) is 47.4 Å². The summed E-state index contributed by atoms with van der Waals surface area (Å²) in [4.78, 5) is 34.3. The van der Waals surface area contributed by atoms with E-state index in [1.165, 1.54) is 21.2 Å². The number of carbonyl (C=O) groups excluding carboxylic acids is 1. The molecule has 1 amide bonds. The van der Waals surface area contributed by atoms with Crippen molar-refractivity contribution in [1.82, 2.24) is 19.5 Å². The van der Waals surface area contributed by atoms with Gasteiger partial charge in [-0.05, 0) is 24.6 Å². The zero-order chi connectivity index (χ0) is 18.7. The van der Waals surface area contributed by atoms with Gasteiger partial charge < -0.3 is 5.32 Å². The van der Waals surface area contributed by atoms with Crippen LogP contribution in [-0.4, -0.2) is 31.6 Å². The highest BCUT2D eigenvalue weighted by atomic mass is 35.5. The number of halogens is 1. The first kappa shape index (κ1) is 17.6. The van der Waals surface area contributed by atoms with Crippen molar-refractivity contribution < 1.29 is 9.72 Å². The lowest BCUT2D eigenvalue weighted by Gasteiger charge is -2.06. The molecule has 0 atom stereocenters. The second kappa shape index (κ2) is 7.36. The molecule has 0 bridgehead atoms. The van der Waals surface area contributed by atoms with E-state index in [0.29, 0.717) is 25.2 Å². The first-order chi connectivity index (χ1) is 12.5. The highest BCUT2D eigenvalue weighted by Crippen LogP contribution is 2.22. The summed E-state index contributed by atoms with van der Waals surface area (Å²) in [5.74, 6) is -0.438. The van der Waals surface area contributed by atoms with Gasteiger partial charge in [0.2, 0.25) is 0 Å². The minimum atomic E-state index is -0.583. The first-order valence-corrected chi connectivity index (χ1v) is 8.11. The number of rotatable bonds is 6. The van der Waals surface area contributed by atoms with Crippen LogP contribution in [0, 0.1) is 10.1 Å². The smallest absolute Gasteiger partial charge is 0.350 e. The SMILES string of the molecule is O=C(NCCCn1nc2ccccn2c1=O)c1ccc([N+](=O)[O-])cc1Cl. The van der Waals surface area contributed by atoms with Crippen LogP contribution in [0.2, 0.25) is 5.02 Å². The number of nitrogens with zero attached hydrogens (tertiary/aromatic N) is 4. The summed E-state index contributed by atoms with van der Waals surface area (Å²) >= 11 is 5.92. The molecule has 0 aliphatic rings. The number of amides is 1. The molecule has 0 unspecified atom stereocenters. The van der Waals surface area contributed by atoms with Crippen LogP contribution in [0.5, 0.6) is 0 Å². The van der Waals surface area contributed by atoms with E-state index in [1.54, 1.807) is 24.4 Å². The molecule has 3 rings (SSSR count). The standard InChI is InChI=1S/C16H14ClN5O4/c17-13-10-11(22(25)26)5-6-12(13)15(23)18-7-3-9-21-16(24)20-8-2-1-4-14(20)19-21/h1-2,4-6,8,10H,3,7,9H2,(H,18,23). The predicted molar refractivity (Wildman–Crippen MR) is 94.5 cm³/mol. The minimum absolute atomic E-state index is 0.00766. The number of pyridine rings is 1. The molecule has 0 aliphatic carbocycles. The highest BCUT2D eigenvalue weighted by molar-refractivity contribution is 6.34. The molecular weight excluding hydrogens is 362 g/mol. The van der Waals surface area contributed by atoms with Crippen molar-refractivity contribution in [3.8, 4) is 0 Å². The van der Waals surface area contributed by atoms with E-state index in [0.717, 1.165) is 6.07 Å². The van der Waals surface area contributed by atoms with Crippen LogP contribution in [0.3, 0.4) is 0 Å². The number of fused-ring (bicyclic) bond motifs is 1. The third-order valence-electron chi connectivity index (χ3n) is 3.73.